The number of carbonyl (C=O) groups excluding carboxylic acids is 1. The molecule has 1 aliphatic heterocycles. The van der Waals surface area contributed by atoms with E-state index in [1.54, 1.807) is 6.20 Å². The van der Waals surface area contributed by atoms with Crippen molar-refractivity contribution in [2.75, 3.05) is 6.54 Å². The van der Waals surface area contributed by atoms with Gasteiger partial charge in [-0.25, -0.2) is 4.79 Å². The van der Waals surface area contributed by atoms with Crippen molar-refractivity contribution in [2.45, 2.75) is 26.4 Å². The largest absolute Gasteiger partial charge is 0.443 e. The van der Waals surface area contributed by atoms with Crippen molar-refractivity contribution in [1.29, 1.82) is 0 Å². The van der Waals surface area contributed by atoms with E-state index < -0.39 is 5.60 Å². The normalized spacial score (nSPS) is 13.8. The lowest BCUT2D eigenvalue weighted by molar-refractivity contribution is 0.0350. The van der Waals surface area contributed by atoms with Gasteiger partial charge in [-0.2, -0.15) is 0 Å². The van der Waals surface area contributed by atoms with E-state index in [2.05, 4.69) is 4.98 Å². The summed E-state index contributed by atoms with van der Waals surface area (Å²) in [6.45, 7) is 6.16. The predicted octanol–water partition coefficient (Wildman–Crippen LogP) is 3.32. The Bertz CT molecular complexity index is 383. The second-order valence-corrected chi connectivity index (χ2v) is 4.79. The lowest BCUT2D eigenvalue weighted by atomic mass is 10.2. The number of rotatable bonds is 0. The van der Waals surface area contributed by atoms with Crippen molar-refractivity contribution in [1.82, 2.24) is 9.88 Å². The van der Waals surface area contributed by atoms with Crippen LogP contribution in [0.15, 0.2) is 49.0 Å². The van der Waals surface area contributed by atoms with Crippen molar-refractivity contribution in [3.05, 3.63) is 49.0 Å². The highest BCUT2D eigenvalue weighted by atomic mass is 16.6. The number of ether oxygens (including phenoxy) is 1. The lowest BCUT2D eigenvalue weighted by Gasteiger charge is -2.25. The van der Waals surface area contributed by atoms with Gasteiger partial charge in [0, 0.05) is 25.1 Å². The summed E-state index contributed by atoms with van der Waals surface area (Å²) in [4.78, 5) is 15.8. The van der Waals surface area contributed by atoms with E-state index in [0.29, 0.717) is 6.54 Å². The van der Waals surface area contributed by atoms with Crippen molar-refractivity contribution < 1.29 is 9.53 Å². The molecule has 1 amide bonds. The quantitative estimate of drug-likeness (QED) is 0.765. The molecule has 1 N–H and O–H groups in total. The molecule has 0 saturated carbocycles. The summed E-state index contributed by atoms with van der Waals surface area (Å²) in [5.74, 6) is 0. The molecule has 2 heterocycles. The molecular weight excluding hydrogens is 228 g/mol. The van der Waals surface area contributed by atoms with E-state index in [1.165, 1.54) is 4.90 Å². The Labute approximate surface area is 108 Å². The lowest BCUT2D eigenvalue weighted by Crippen LogP contribution is -2.34. The highest BCUT2D eigenvalue weighted by Crippen LogP contribution is 2.11. The smallest absolute Gasteiger partial charge is 0.414 e. The Kier molecular flexibility index (Phi) is 5.24. The number of nitrogens with zero attached hydrogens (tertiary/aromatic N) is 1. The number of aromatic amines is 1. The summed E-state index contributed by atoms with van der Waals surface area (Å²) in [6.07, 6.45) is 10.8. The Morgan fingerprint density at radius 1 is 1.22 bits per heavy atom. The van der Waals surface area contributed by atoms with Gasteiger partial charge in [-0.1, -0.05) is 12.2 Å². The van der Waals surface area contributed by atoms with Crippen LogP contribution in [-0.2, 0) is 4.74 Å². The number of hydrogen-bond acceptors (Lipinski definition) is 2. The first kappa shape index (κ1) is 14.1. The molecule has 1 aromatic heterocycles. The molecule has 0 atom stereocenters. The number of aromatic nitrogens is 1. The summed E-state index contributed by atoms with van der Waals surface area (Å²) in [7, 11) is 0. The van der Waals surface area contributed by atoms with Crippen molar-refractivity contribution in [3.63, 3.8) is 0 Å². The molecule has 1 aromatic rings. The Balaban J connectivity index is 0.000000269. The Hall–Kier alpha value is -1.97. The number of nitrogens with one attached hydrogen (secondary N) is 1. The van der Waals surface area contributed by atoms with E-state index >= 15 is 0 Å². The standard InChI is InChI=1S/C10H15NO2.C4H5N/c1-10(2,3)13-9(12)11-7-5-4-6-8-11;1-2-4-5-3-1/h4-7H,8H2,1-3H3;1-5H. The first-order chi connectivity index (χ1) is 8.49. The van der Waals surface area contributed by atoms with E-state index in [1.807, 2.05) is 63.5 Å². The summed E-state index contributed by atoms with van der Waals surface area (Å²) in [6, 6.07) is 3.89. The number of carbonyl (C=O) groups is 1. The number of hydrogen-bond donors (Lipinski definition) is 1. The predicted molar refractivity (Wildman–Crippen MR) is 72.0 cm³/mol. The minimum Gasteiger partial charge on any atom is -0.443 e. The SMILES string of the molecule is CC(C)(C)OC(=O)N1C=CC=CC1.c1cc[nH]c1. The van der Waals surface area contributed by atoms with Crippen LogP contribution >= 0.6 is 0 Å². The summed E-state index contributed by atoms with van der Waals surface area (Å²) in [5.41, 5.74) is -0.425. The number of amides is 1. The van der Waals surface area contributed by atoms with E-state index in [0.717, 1.165) is 0 Å². The summed E-state index contributed by atoms with van der Waals surface area (Å²) < 4.78 is 5.18. The third-order valence-corrected chi connectivity index (χ3v) is 1.94. The molecule has 0 aromatic carbocycles. The third-order valence-electron chi connectivity index (χ3n) is 1.94. The fourth-order valence-electron chi connectivity index (χ4n) is 1.20. The molecule has 1 aliphatic rings. The van der Waals surface area contributed by atoms with E-state index in [-0.39, 0.29) is 6.09 Å². The summed E-state index contributed by atoms with van der Waals surface area (Å²) in [5, 5.41) is 0. The number of allylic oxidation sites excluding steroid dienone is 2. The van der Waals surface area contributed by atoms with Crippen LogP contribution in [0, 0.1) is 0 Å². The van der Waals surface area contributed by atoms with Gasteiger partial charge in [0.25, 0.3) is 0 Å². The second-order valence-electron chi connectivity index (χ2n) is 4.79. The minimum absolute atomic E-state index is 0.298. The maximum Gasteiger partial charge on any atom is 0.414 e. The molecule has 0 aliphatic carbocycles. The van der Waals surface area contributed by atoms with Crippen LogP contribution in [-0.4, -0.2) is 28.1 Å². The van der Waals surface area contributed by atoms with E-state index in [4.69, 9.17) is 4.74 Å². The fraction of sp³-hybridized carbons (Fsp3) is 0.357. The van der Waals surface area contributed by atoms with Gasteiger partial charge in [0.15, 0.2) is 0 Å². The first-order valence-corrected chi connectivity index (χ1v) is 5.90. The maximum absolute atomic E-state index is 11.4. The zero-order chi connectivity index (χ0) is 13.4. The van der Waals surface area contributed by atoms with Gasteiger partial charge < -0.3 is 9.72 Å². The van der Waals surface area contributed by atoms with Crippen LogP contribution in [0.25, 0.3) is 0 Å². The van der Waals surface area contributed by atoms with Gasteiger partial charge in [0.2, 0.25) is 0 Å². The van der Waals surface area contributed by atoms with Gasteiger partial charge in [0.05, 0.1) is 0 Å². The molecule has 4 nitrogen and oxygen atoms in total. The highest BCUT2D eigenvalue weighted by Gasteiger charge is 2.20. The molecule has 0 fully saturated rings. The molecule has 0 spiro atoms. The zero-order valence-electron chi connectivity index (χ0n) is 11.1. The highest BCUT2D eigenvalue weighted by molar-refractivity contribution is 5.70. The minimum atomic E-state index is -0.425. The Morgan fingerprint density at radius 3 is 2.28 bits per heavy atom. The molecule has 0 saturated heterocycles. The van der Waals surface area contributed by atoms with Crippen molar-refractivity contribution in [2.24, 2.45) is 0 Å². The average molecular weight is 248 g/mol. The molecule has 0 unspecified atom stereocenters. The van der Waals surface area contributed by atoms with Gasteiger partial charge in [-0.15, -0.1) is 0 Å². The van der Waals surface area contributed by atoms with Crippen LogP contribution in [0.5, 0.6) is 0 Å². The molecule has 18 heavy (non-hydrogen) atoms. The second kappa shape index (κ2) is 6.69. The van der Waals surface area contributed by atoms with Crippen LogP contribution in [0.2, 0.25) is 0 Å². The fourth-order valence-corrected chi connectivity index (χ4v) is 1.20. The van der Waals surface area contributed by atoms with E-state index in [9.17, 15) is 4.79 Å². The van der Waals surface area contributed by atoms with Gasteiger partial charge in [-0.3, -0.25) is 4.90 Å². The van der Waals surface area contributed by atoms with Crippen LogP contribution in [0.3, 0.4) is 0 Å². The first-order valence-electron chi connectivity index (χ1n) is 5.90. The Morgan fingerprint density at radius 2 is 1.89 bits per heavy atom. The molecule has 2 rings (SSSR count). The van der Waals surface area contributed by atoms with Crippen LogP contribution in [0.4, 0.5) is 4.79 Å². The number of H-pyrrole nitrogens is 1. The van der Waals surface area contributed by atoms with Crippen LogP contribution < -0.4 is 0 Å². The molecule has 0 radical (unpaired) electrons. The van der Waals surface area contributed by atoms with Crippen molar-refractivity contribution in [3.8, 4) is 0 Å². The average Bonchev–Trinajstić information content (AvgIpc) is 2.86. The molecule has 4 heteroatoms. The van der Waals surface area contributed by atoms with Gasteiger partial charge in [0.1, 0.15) is 5.60 Å². The molecule has 98 valence electrons. The topological polar surface area (TPSA) is 45.3 Å². The van der Waals surface area contributed by atoms with Crippen LogP contribution in [0.1, 0.15) is 20.8 Å². The summed E-state index contributed by atoms with van der Waals surface area (Å²) >= 11 is 0. The van der Waals surface area contributed by atoms with Gasteiger partial charge in [-0.05, 0) is 39.0 Å². The third kappa shape index (κ3) is 5.94. The maximum atomic E-state index is 11.4. The zero-order valence-corrected chi connectivity index (χ0v) is 11.1. The molecular formula is C14H20N2O2. The monoisotopic (exact) mass is 248 g/mol. The van der Waals surface area contributed by atoms with Gasteiger partial charge >= 0.3 is 6.09 Å². The van der Waals surface area contributed by atoms with Crippen molar-refractivity contribution >= 4 is 6.09 Å². The molecule has 0 bridgehead atoms.